The molecule has 0 spiro atoms. The molecule has 7 nitrogen and oxygen atoms in total. The average molecular weight is 284 g/mol. The number of nitrogens with zero attached hydrogens (tertiary/aromatic N) is 4. The third-order valence-electron chi connectivity index (χ3n) is 3.06. The lowest BCUT2D eigenvalue weighted by Crippen LogP contribution is -2.04. The fourth-order valence-electron chi connectivity index (χ4n) is 2.10. The van der Waals surface area contributed by atoms with E-state index in [0.29, 0.717) is 24.6 Å². The van der Waals surface area contributed by atoms with E-state index in [1.165, 1.54) is 0 Å². The second-order valence-electron chi connectivity index (χ2n) is 4.42. The van der Waals surface area contributed by atoms with E-state index in [-0.39, 0.29) is 0 Å². The highest BCUT2D eigenvalue weighted by Crippen LogP contribution is 2.25. The number of benzene rings is 1. The van der Waals surface area contributed by atoms with Gasteiger partial charge in [0.25, 0.3) is 0 Å². The number of nitrogens with two attached hydrogens (primary N) is 1. The van der Waals surface area contributed by atoms with E-state index in [2.05, 4.69) is 20.5 Å². The number of nitrogens with one attached hydrogen (secondary N) is 1. The predicted molar refractivity (Wildman–Crippen MR) is 79.6 cm³/mol. The van der Waals surface area contributed by atoms with Gasteiger partial charge in [0, 0.05) is 30.2 Å². The average Bonchev–Trinajstić information content (AvgIpc) is 2.98. The molecule has 2 heterocycles. The van der Waals surface area contributed by atoms with Crippen LogP contribution in [0.25, 0.3) is 5.65 Å². The molecule has 0 aliphatic heterocycles. The molecule has 21 heavy (non-hydrogen) atoms. The summed E-state index contributed by atoms with van der Waals surface area (Å²) in [6.45, 7) is 2.97. The van der Waals surface area contributed by atoms with Crippen LogP contribution in [-0.4, -0.2) is 26.2 Å². The molecule has 0 bridgehead atoms. The first-order valence-electron chi connectivity index (χ1n) is 6.69. The molecule has 3 rings (SSSR count). The zero-order chi connectivity index (χ0) is 14.7. The molecule has 2 aromatic heterocycles. The minimum atomic E-state index is 0.410. The van der Waals surface area contributed by atoms with Gasteiger partial charge in [-0.25, -0.2) is 4.98 Å². The molecule has 0 fully saturated rings. The first-order valence-corrected chi connectivity index (χ1v) is 6.69. The standard InChI is InChI=1S/C14H16N6O/c1-2-21-12-4-3-11(7-10(12)8-15)18-13-14-19-17-9-20(14)6-5-16-13/h3-7,9H,2,8,15H2,1H3,(H,16,18). The molecule has 0 amide bonds. The maximum atomic E-state index is 5.77. The first kappa shape index (κ1) is 13.3. The third kappa shape index (κ3) is 2.63. The summed E-state index contributed by atoms with van der Waals surface area (Å²) >= 11 is 0. The first-order chi connectivity index (χ1) is 10.3. The lowest BCUT2D eigenvalue weighted by atomic mass is 10.1. The lowest BCUT2D eigenvalue weighted by molar-refractivity contribution is 0.336. The van der Waals surface area contributed by atoms with Crippen molar-refractivity contribution in [1.29, 1.82) is 0 Å². The maximum Gasteiger partial charge on any atom is 0.203 e. The quantitative estimate of drug-likeness (QED) is 0.741. The van der Waals surface area contributed by atoms with Crippen LogP contribution in [-0.2, 0) is 6.54 Å². The molecule has 108 valence electrons. The Bertz CT molecular complexity index is 754. The molecule has 0 aliphatic rings. The Balaban J connectivity index is 1.92. The van der Waals surface area contributed by atoms with E-state index in [1.54, 1.807) is 23.1 Å². The van der Waals surface area contributed by atoms with E-state index in [4.69, 9.17) is 10.5 Å². The van der Waals surface area contributed by atoms with Gasteiger partial charge in [-0.05, 0) is 25.1 Å². The topological polar surface area (TPSA) is 90.4 Å². The fourth-order valence-corrected chi connectivity index (χ4v) is 2.10. The molecule has 0 atom stereocenters. The number of hydrogen-bond donors (Lipinski definition) is 2. The van der Waals surface area contributed by atoms with Gasteiger partial charge in [-0.15, -0.1) is 10.2 Å². The van der Waals surface area contributed by atoms with Crippen LogP contribution in [0, 0.1) is 0 Å². The molecule has 1 aromatic carbocycles. The molecule has 0 radical (unpaired) electrons. The summed E-state index contributed by atoms with van der Waals surface area (Å²) in [6, 6.07) is 5.77. The van der Waals surface area contributed by atoms with Crippen molar-refractivity contribution in [3.8, 4) is 5.75 Å². The van der Waals surface area contributed by atoms with Crippen molar-refractivity contribution in [3.05, 3.63) is 42.5 Å². The van der Waals surface area contributed by atoms with Crippen molar-refractivity contribution in [1.82, 2.24) is 19.6 Å². The highest BCUT2D eigenvalue weighted by Gasteiger charge is 2.07. The summed E-state index contributed by atoms with van der Waals surface area (Å²) in [4.78, 5) is 4.29. The Hall–Kier alpha value is -2.67. The lowest BCUT2D eigenvalue weighted by Gasteiger charge is -2.12. The van der Waals surface area contributed by atoms with Crippen molar-refractivity contribution in [2.45, 2.75) is 13.5 Å². The van der Waals surface area contributed by atoms with E-state index in [1.807, 2.05) is 25.1 Å². The summed E-state index contributed by atoms with van der Waals surface area (Å²) in [6.07, 6.45) is 5.12. The van der Waals surface area contributed by atoms with Crippen LogP contribution in [0.5, 0.6) is 5.75 Å². The highest BCUT2D eigenvalue weighted by atomic mass is 16.5. The summed E-state index contributed by atoms with van der Waals surface area (Å²) < 4.78 is 7.34. The molecule has 3 N–H and O–H groups in total. The molecule has 0 aliphatic carbocycles. The second-order valence-corrected chi connectivity index (χ2v) is 4.42. The molecular formula is C14H16N6O. The normalized spacial score (nSPS) is 10.8. The largest absolute Gasteiger partial charge is 0.494 e. The molecule has 0 unspecified atom stereocenters. The van der Waals surface area contributed by atoms with Gasteiger partial charge in [-0.3, -0.25) is 4.40 Å². The van der Waals surface area contributed by atoms with Gasteiger partial charge >= 0.3 is 0 Å². The van der Waals surface area contributed by atoms with Crippen LogP contribution in [0.15, 0.2) is 36.9 Å². The van der Waals surface area contributed by atoms with Crippen LogP contribution in [0.2, 0.25) is 0 Å². The summed E-state index contributed by atoms with van der Waals surface area (Å²) in [7, 11) is 0. The Labute approximate surface area is 121 Å². The van der Waals surface area contributed by atoms with Gasteiger partial charge in [0.15, 0.2) is 5.82 Å². The molecule has 0 saturated heterocycles. The predicted octanol–water partition coefficient (Wildman–Crippen LogP) is 1.73. The van der Waals surface area contributed by atoms with Crippen molar-refractivity contribution >= 4 is 17.2 Å². The van der Waals surface area contributed by atoms with Crippen LogP contribution < -0.4 is 15.8 Å². The summed E-state index contributed by atoms with van der Waals surface area (Å²) in [5.41, 5.74) is 8.25. The molecular weight excluding hydrogens is 268 g/mol. The number of anilines is 2. The van der Waals surface area contributed by atoms with Gasteiger partial charge in [-0.1, -0.05) is 0 Å². The van der Waals surface area contributed by atoms with Crippen molar-refractivity contribution in [2.24, 2.45) is 5.73 Å². The Morgan fingerprint density at radius 1 is 1.38 bits per heavy atom. The van der Waals surface area contributed by atoms with Gasteiger partial charge in [0.05, 0.1) is 6.61 Å². The number of fused-ring (bicyclic) bond motifs is 1. The smallest absolute Gasteiger partial charge is 0.203 e. The Morgan fingerprint density at radius 2 is 2.29 bits per heavy atom. The van der Waals surface area contributed by atoms with Crippen LogP contribution >= 0.6 is 0 Å². The minimum absolute atomic E-state index is 0.410. The number of rotatable bonds is 5. The second kappa shape index (κ2) is 5.76. The van der Waals surface area contributed by atoms with Crippen molar-refractivity contribution in [2.75, 3.05) is 11.9 Å². The summed E-state index contributed by atoms with van der Waals surface area (Å²) in [5, 5.41) is 11.1. The Morgan fingerprint density at radius 3 is 3.10 bits per heavy atom. The van der Waals surface area contributed by atoms with Crippen LogP contribution in [0.4, 0.5) is 11.5 Å². The van der Waals surface area contributed by atoms with Crippen LogP contribution in [0.1, 0.15) is 12.5 Å². The zero-order valence-corrected chi connectivity index (χ0v) is 11.7. The Kier molecular flexibility index (Phi) is 3.65. The number of hydrogen-bond acceptors (Lipinski definition) is 6. The van der Waals surface area contributed by atoms with Gasteiger partial charge in [-0.2, -0.15) is 0 Å². The highest BCUT2D eigenvalue weighted by molar-refractivity contribution is 5.70. The maximum absolute atomic E-state index is 5.77. The summed E-state index contributed by atoms with van der Waals surface area (Å²) in [5.74, 6) is 1.45. The molecule has 3 aromatic rings. The van der Waals surface area contributed by atoms with Crippen LogP contribution in [0.3, 0.4) is 0 Å². The van der Waals surface area contributed by atoms with Gasteiger partial charge < -0.3 is 15.8 Å². The fraction of sp³-hybridized carbons (Fsp3) is 0.214. The SMILES string of the molecule is CCOc1ccc(Nc2nccn3cnnc23)cc1CN. The zero-order valence-electron chi connectivity index (χ0n) is 11.7. The van der Waals surface area contributed by atoms with Crippen molar-refractivity contribution in [3.63, 3.8) is 0 Å². The monoisotopic (exact) mass is 284 g/mol. The van der Waals surface area contributed by atoms with Crippen molar-refractivity contribution < 1.29 is 4.74 Å². The number of ether oxygens (including phenoxy) is 1. The van der Waals surface area contributed by atoms with E-state index in [0.717, 1.165) is 17.0 Å². The minimum Gasteiger partial charge on any atom is -0.494 e. The third-order valence-corrected chi connectivity index (χ3v) is 3.06. The number of aromatic nitrogens is 4. The van der Waals surface area contributed by atoms with E-state index < -0.39 is 0 Å². The van der Waals surface area contributed by atoms with Gasteiger partial charge in [0.2, 0.25) is 5.65 Å². The van der Waals surface area contributed by atoms with E-state index >= 15 is 0 Å². The molecule has 0 saturated carbocycles. The molecule has 7 heteroatoms. The van der Waals surface area contributed by atoms with Gasteiger partial charge in [0.1, 0.15) is 12.1 Å². The van der Waals surface area contributed by atoms with E-state index in [9.17, 15) is 0 Å².